The smallest absolute Gasteiger partial charge is 0.268 e. The van der Waals surface area contributed by atoms with Crippen LogP contribution in [0.25, 0.3) is 22.2 Å². The number of nitrogens with zero attached hydrogens (tertiary/aromatic N) is 4. The van der Waals surface area contributed by atoms with Crippen molar-refractivity contribution in [2.75, 3.05) is 25.0 Å². The molecule has 2 aromatic carbocycles. The lowest BCUT2D eigenvalue weighted by molar-refractivity contribution is 0.0972. The van der Waals surface area contributed by atoms with E-state index in [-0.39, 0.29) is 4.90 Å². The van der Waals surface area contributed by atoms with E-state index in [2.05, 4.69) is 15.2 Å². The van der Waals surface area contributed by atoms with Crippen molar-refractivity contribution in [1.82, 2.24) is 18.8 Å². The lowest BCUT2D eigenvalue weighted by atomic mass is 9.84. The van der Waals surface area contributed by atoms with Gasteiger partial charge in [0.05, 0.1) is 27.3 Å². The maximum atomic E-state index is 13.5. The Hall–Kier alpha value is -2.94. The third-order valence-electron chi connectivity index (χ3n) is 6.95. The Kier molecular flexibility index (Phi) is 5.32. The van der Waals surface area contributed by atoms with Gasteiger partial charge in [-0.1, -0.05) is 48.0 Å². The van der Waals surface area contributed by atoms with Crippen molar-refractivity contribution in [3.63, 3.8) is 0 Å². The number of nitrogens with one attached hydrogen (secondary N) is 1. The molecule has 3 fully saturated rings. The molecule has 4 aromatic rings. The second kappa shape index (κ2) is 8.37. The first-order valence-corrected chi connectivity index (χ1v) is 13.2. The average Bonchev–Trinajstić information content (AvgIpc) is 3.27. The molecule has 1 unspecified atom stereocenters. The highest BCUT2D eigenvalue weighted by molar-refractivity contribution is 7.90. The van der Waals surface area contributed by atoms with Crippen molar-refractivity contribution in [3.8, 4) is 11.3 Å². The van der Waals surface area contributed by atoms with E-state index in [0.717, 1.165) is 25.0 Å². The summed E-state index contributed by atoms with van der Waals surface area (Å²) in [6.45, 7) is 3.30. The van der Waals surface area contributed by atoms with E-state index < -0.39 is 10.0 Å². The van der Waals surface area contributed by atoms with Gasteiger partial charge in [-0.15, -0.1) is 0 Å². The molecular weight excluding hydrogens is 470 g/mol. The zero-order valence-electron chi connectivity index (χ0n) is 18.4. The number of anilines is 1. The second-order valence-electron chi connectivity index (χ2n) is 8.95. The van der Waals surface area contributed by atoms with E-state index >= 15 is 0 Å². The van der Waals surface area contributed by atoms with Crippen LogP contribution < -0.4 is 5.32 Å². The van der Waals surface area contributed by atoms with Gasteiger partial charge < -0.3 is 10.2 Å². The zero-order valence-corrected chi connectivity index (χ0v) is 20.0. The minimum atomic E-state index is -3.80. The number of aromatic nitrogens is 3. The Bertz CT molecular complexity index is 1460. The van der Waals surface area contributed by atoms with Gasteiger partial charge in [-0.05, 0) is 50.0 Å². The largest absolute Gasteiger partial charge is 0.350 e. The van der Waals surface area contributed by atoms with Crippen LogP contribution in [0.15, 0.2) is 71.9 Å². The Morgan fingerprint density at radius 3 is 2.47 bits per heavy atom. The van der Waals surface area contributed by atoms with Crippen LogP contribution in [0.5, 0.6) is 0 Å². The lowest BCUT2D eigenvalue weighted by Gasteiger charge is -2.44. The molecule has 9 heteroatoms. The fourth-order valence-electron chi connectivity index (χ4n) is 5.16. The summed E-state index contributed by atoms with van der Waals surface area (Å²) in [4.78, 5) is 11.9. The second-order valence-corrected chi connectivity index (χ2v) is 11.2. The molecule has 2 aromatic heterocycles. The number of hydrogen-bond acceptors (Lipinski definition) is 6. The predicted octanol–water partition coefficient (Wildman–Crippen LogP) is 4.49. The molecular formula is C25H24ClN5O2S. The highest BCUT2D eigenvalue weighted by Crippen LogP contribution is 2.36. The van der Waals surface area contributed by atoms with Gasteiger partial charge >= 0.3 is 0 Å². The van der Waals surface area contributed by atoms with E-state index in [1.54, 1.807) is 48.8 Å². The molecule has 2 bridgehead atoms. The first-order chi connectivity index (χ1) is 16.5. The third kappa shape index (κ3) is 3.66. The van der Waals surface area contributed by atoms with E-state index in [9.17, 15) is 8.42 Å². The number of piperidine rings is 3. The van der Waals surface area contributed by atoms with Gasteiger partial charge in [0, 0.05) is 29.7 Å². The third-order valence-corrected chi connectivity index (χ3v) is 8.91. The van der Waals surface area contributed by atoms with Crippen LogP contribution in [-0.4, -0.2) is 52.9 Å². The number of rotatable bonds is 5. The molecule has 0 saturated carbocycles. The van der Waals surface area contributed by atoms with Crippen LogP contribution in [-0.2, 0) is 10.0 Å². The molecule has 0 amide bonds. The molecule has 7 nitrogen and oxygen atoms in total. The molecule has 3 aliphatic rings. The highest BCUT2D eigenvalue weighted by atomic mass is 35.5. The molecule has 3 aliphatic heterocycles. The Morgan fingerprint density at radius 2 is 1.74 bits per heavy atom. The van der Waals surface area contributed by atoms with Crippen LogP contribution in [0.3, 0.4) is 0 Å². The van der Waals surface area contributed by atoms with Gasteiger partial charge in [0.15, 0.2) is 0 Å². The predicted molar refractivity (Wildman–Crippen MR) is 134 cm³/mol. The number of fused-ring (bicyclic) bond motifs is 4. The molecule has 0 spiro atoms. The average molecular weight is 494 g/mol. The minimum Gasteiger partial charge on any atom is -0.350 e. The zero-order chi connectivity index (χ0) is 23.3. The van der Waals surface area contributed by atoms with E-state index in [1.165, 1.54) is 16.8 Å². The van der Waals surface area contributed by atoms with Crippen LogP contribution in [0.2, 0.25) is 5.02 Å². The van der Waals surface area contributed by atoms with Crippen molar-refractivity contribution in [1.29, 1.82) is 0 Å². The van der Waals surface area contributed by atoms with Gasteiger partial charge in [-0.3, -0.25) is 0 Å². The monoisotopic (exact) mass is 493 g/mol. The van der Waals surface area contributed by atoms with Gasteiger partial charge in [-0.2, -0.15) is 0 Å². The summed E-state index contributed by atoms with van der Waals surface area (Å²) in [5, 5.41) is 4.65. The SMILES string of the molecule is O=S(=O)(c1ccccc1)n1cc(-c2nc(NC3CN4CCC3CC4)ncc2Cl)c2ccccc21. The summed E-state index contributed by atoms with van der Waals surface area (Å²) in [6, 6.07) is 16.1. The molecule has 1 atom stereocenters. The van der Waals surface area contributed by atoms with Gasteiger partial charge in [0.25, 0.3) is 10.0 Å². The van der Waals surface area contributed by atoms with Crippen LogP contribution in [0.1, 0.15) is 12.8 Å². The normalized spacial score (nSPS) is 22.2. The first kappa shape index (κ1) is 21.6. The molecule has 34 heavy (non-hydrogen) atoms. The number of halogens is 1. The van der Waals surface area contributed by atoms with Crippen LogP contribution >= 0.6 is 11.6 Å². The molecule has 0 radical (unpaired) electrons. The molecule has 174 valence electrons. The lowest BCUT2D eigenvalue weighted by Crippen LogP contribution is -2.53. The number of benzene rings is 2. The van der Waals surface area contributed by atoms with Gasteiger partial charge in [0.2, 0.25) is 5.95 Å². The van der Waals surface area contributed by atoms with E-state index in [0.29, 0.717) is 39.7 Å². The standard InChI is InChI=1S/C25H24ClN5O2S/c26-21-14-27-25(28-22-16-30-12-10-17(22)11-13-30)29-24(21)20-15-31(23-9-5-4-8-19(20)23)34(32,33)18-6-2-1-3-7-18/h1-9,14-15,17,22H,10-13,16H2,(H,27,28,29). The maximum absolute atomic E-state index is 13.5. The van der Waals surface area contributed by atoms with Crippen molar-refractivity contribution < 1.29 is 8.42 Å². The summed E-state index contributed by atoms with van der Waals surface area (Å²) in [7, 11) is -3.80. The summed E-state index contributed by atoms with van der Waals surface area (Å²) < 4.78 is 28.2. The highest BCUT2D eigenvalue weighted by Gasteiger charge is 2.34. The summed E-state index contributed by atoms with van der Waals surface area (Å²) >= 11 is 6.56. The first-order valence-electron chi connectivity index (χ1n) is 11.4. The van der Waals surface area contributed by atoms with Crippen molar-refractivity contribution in [2.24, 2.45) is 5.92 Å². The molecule has 5 heterocycles. The summed E-state index contributed by atoms with van der Waals surface area (Å²) in [6.07, 6.45) is 5.57. The minimum absolute atomic E-state index is 0.223. The number of para-hydroxylation sites is 1. The number of hydrogen-bond donors (Lipinski definition) is 1. The summed E-state index contributed by atoms with van der Waals surface area (Å²) in [5.74, 6) is 1.13. The van der Waals surface area contributed by atoms with Crippen molar-refractivity contribution >= 4 is 38.5 Å². The molecule has 1 N–H and O–H groups in total. The topological polar surface area (TPSA) is 80.1 Å². The maximum Gasteiger partial charge on any atom is 0.268 e. The van der Waals surface area contributed by atoms with Crippen LogP contribution in [0.4, 0.5) is 5.95 Å². The van der Waals surface area contributed by atoms with Crippen molar-refractivity contribution in [2.45, 2.75) is 23.8 Å². The Labute approximate surface area is 203 Å². The van der Waals surface area contributed by atoms with Gasteiger partial charge in [0.1, 0.15) is 0 Å². The van der Waals surface area contributed by atoms with Gasteiger partial charge in [-0.25, -0.2) is 22.4 Å². The van der Waals surface area contributed by atoms with E-state index in [1.807, 2.05) is 18.2 Å². The van der Waals surface area contributed by atoms with Crippen LogP contribution in [0, 0.1) is 5.92 Å². The Balaban J connectivity index is 1.43. The molecule has 0 aliphatic carbocycles. The quantitative estimate of drug-likeness (QED) is 0.441. The van der Waals surface area contributed by atoms with E-state index in [4.69, 9.17) is 16.6 Å². The molecule has 7 rings (SSSR count). The van der Waals surface area contributed by atoms with Crippen molar-refractivity contribution in [3.05, 3.63) is 72.0 Å². The Morgan fingerprint density at radius 1 is 1.00 bits per heavy atom. The fourth-order valence-corrected chi connectivity index (χ4v) is 6.75. The molecule has 3 saturated heterocycles. The fraction of sp³-hybridized carbons (Fsp3) is 0.280. The summed E-state index contributed by atoms with van der Waals surface area (Å²) in [5.41, 5.74) is 1.74.